The van der Waals surface area contributed by atoms with Crippen LogP contribution in [0.2, 0.25) is 0 Å². The molecule has 1 aromatic heterocycles. The van der Waals surface area contributed by atoms with Gasteiger partial charge in [0.05, 0.1) is 13.0 Å². The summed E-state index contributed by atoms with van der Waals surface area (Å²) in [6.45, 7) is 4.65. The molecule has 8 heteroatoms. The summed E-state index contributed by atoms with van der Waals surface area (Å²) in [5.41, 5.74) is 0.944. The number of nitrogens with one attached hydrogen (secondary N) is 1. The second-order valence-corrected chi connectivity index (χ2v) is 6.16. The van der Waals surface area contributed by atoms with Crippen molar-refractivity contribution in [1.82, 2.24) is 15.1 Å². The fourth-order valence-corrected chi connectivity index (χ4v) is 2.86. The van der Waals surface area contributed by atoms with Gasteiger partial charge in [0.1, 0.15) is 0 Å². The van der Waals surface area contributed by atoms with Crippen molar-refractivity contribution in [2.75, 3.05) is 43.0 Å². The lowest BCUT2D eigenvalue weighted by molar-refractivity contribution is -0.115. The molecule has 27 heavy (non-hydrogen) atoms. The standard InChI is InChI=1S/C19H23N5O3/c1-2-27-19(26)24-12-10-23(11-13-24)17-9-8-16(21-22-17)20-18(25)14-15-6-4-3-5-7-15/h3-9H,2,10-14H2,1H3,(H,20,21,25). The van der Waals surface area contributed by atoms with Crippen LogP contribution in [0.4, 0.5) is 16.4 Å². The Balaban J connectivity index is 1.50. The van der Waals surface area contributed by atoms with Gasteiger partial charge in [0.25, 0.3) is 0 Å². The van der Waals surface area contributed by atoms with Gasteiger partial charge in [0.2, 0.25) is 5.91 Å². The molecule has 0 radical (unpaired) electrons. The first kappa shape index (κ1) is 18.6. The average molecular weight is 369 g/mol. The molecule has 2 heterocycles. The number of piperazine rings is 1. The van der Waals surface area contributed by atoms with Crippen LogP contribution in [0.3, 0.4) is 0 Å². The molecule has 1 aliphatic rings. The van der Waals surface area contributed by atoms with Gasteiger partial charge < -0.3 is 19.9 Å². The summed E-state index contributed by atoms with van der Waals surface area (Å²) < 4.78 is 5.02. The Bertz CT molecular complexity index is 759. The van der Waals surface area contributed by atoms with E-state index in [9.17, 15) is 9.59 Å². The molecular weight excluding hydrogens is 346 g/mol. The van der Waals surface area contributed by atoms with Gasteiger partial charge in [-0.3, -0.25) is 4.79 Å². The molecule has 8 nitrogen and oxygen atoms in total. The van der Waals surface area contributed by atoms with Gasteiger partial charge in [-0.2, -0.15) is 0 Å². The zero-order valence-electron chi connectivity index (χ0n) is 15.3. The maximum atomic E-state index is 12.1. The van der Waals surface area contributed by atoms with Crippen molar-refractivity contribution in [2.24, 2.45) is 0 Å². The molecule has 1 saturated heterocycles. The first-order valence-electron chi connectivity index (χ1n) is 9.00. The Morgan fingerprint density at radius 3 is 2.41 bits per heavy atom. The van der Waals surface area contributed by atoms with E-state index < -0.39 is 0 Å². The molecule has 0 unspecified atom stereocenters. The van der Waals surface area contributed by atoms with Crippen LogP contribution in [0, 0.1) is 0 Å². The van der Waals surface area contributed by atoms with E-state index in [1.54, 1.807) is 17.9 Å². The molecule has 142 valence electrons. The van der Waals surface area contributed by atoms with Crippen LogP contribution in [0.5, 0.6) is 0 Å². The SMILES string of the molecule is CCOC(=O)N1CCN(c2ccc(NC(=O)Cc3ccccc3)nn2)CC1. The summed E-state index contributed by atoms with van der Waals surface area (Å²) in [4.78, 5) is 27.6. The van der Waals surface area contributed by atoms with E-state index in [0.29, 0.717) is 45.0 Å². The smallest absolute Gasteiger partial charge is 0.409 e. The van der Waals surface area contributed by atoms with Crippen LogP contribution in [-0.2, 0) is 16.0 Å². The largest absolute Gasteiger partial charge is 0.450 e. The van der Waals surface area contributed by atoms with E-state index in [0.717, 1.165) is 11.4 Å². The molecule has 0 saturated carbocycles. The van der Waals surface area contributed by atoms with E-state index in [1.807, 2.05) is 36.4 Å². The second kappa shape index (κ2) is 8.98. The second-order valence-electron chi connectivity index (χ2n) is 6.16. The molecular formula is C19H23N5O3. The molecule has 2 aromatic rings. The Morgan fingerprint density at radius 1 is 1.04 bits per heavy atom. The van der Waals surface area contributed by atoms with Gasteiger partial charge in [0, 0.05) is 26.2 Å². The van der Waals surface area contributed by atoms with E-state index in [4.69, 9.17) is 4.74 Å². The molecule has 1 aliphatic heterocycles. The zero-order chi connectivity index (χ0) is 19.1. The first-order valence-corrected chi connectivity index (χ1v) is 9.00. The molecule has 0 bridgehead atoms. The molecule has 1 fully saturated rings. The highest BCUT2D eigenvalue weighted by molar-refractivity contribution is 5.91. The van der Waals surface area contributed by atoms with E-state index in [1.165, 1.54) is 0 Å². The third-order valence-electron chi connectivity index (χ3n) is 4.26. The van der Waals surface area contributed by atoms with Crippen LogP contribution < -0.4 is 10.2 Å². The third-order valence-corrected chi connectivity index (χ3v) is 4.26. The van der Waals surface area contributed by atoms with Gasteiger partial charge >= 0.3 is 6.09 Å². The van der Waals surface area contributed by atoms with E-state index >= 15 is 0 Å². The Morgan fingerprint density at radius 2 is 1.78 bits per heavy atom. The summed E-state index contributed by atoms with van der Waals surface area (Å²) in [7, 11) is 0. The van der Waals surface area contributed by atoms with E-state index in [2.05, 4.69) is 20.4 Å². The monoisotopic (exact) mass is 369 g/mol. The van der Waals surface area contributed by atoms with Gasteiger partial charge in [-0.15, -0.1) is 10.2 Å². The molecule has 0 spiro atoms. The molecule has 1 aromatic carbocycles. The van der Waals surface area contributed by atoms with Gasteiger partial charge in [-0.05, 0) is 24.6 Å². The lowest BCUT2D eigenvalue weighted by atomic mass is 10.1. The zero-order valence-corrected chi connectivity index (χ0v) is 15.3. The number of hydrogen-bond donors (Lipinski definition) is 1. The Kier molecular flexibility index (Phi) is 6.19. The maximum absolute atomic E-state index is 12.1. The third kappa shape index (κ3) is 5.16. The number of amides is 2. The summed E-state index contributed by atoms with van der Waals surface area (Å²) in [6.07, 6.45) is 0.0137. The van der Waals surface area contributed by atoms with Crippen molar-refractivity contribution < 1.29 is 14.3 Å². The molecule has 0 aliphatic carbocycles. The number of aromatic nitrogens is 2. The van der Waals surface area contributed by atoms with Crippen molar-refractivity contribution >= 4 is 23.6 Å². The van der Waals surface area contributed by atoms with Crippen LogP contribution in [0.1, 0.15) is 12.5 Å². The predicted molar refractivity (Wildman–Crippen MR) is 102 cm³/mol. The number of nitrogens with zero attached hydrogens (tertiary/aromatic N) is 4. The van der Waals surface area contributed by atoms with Gasteiger partial charge in [-0.25, -0.2) is 4.79 Å². The number of rotatable bonds is 5. The summed E-state index contributed by atoms with van der Waals surface area (Å²) >= 11 is 0. The van der Waals surface area contributed by atoms with Gasteiger partial charge in [0.15, 0.2) is 11.6 Å². The van der Waals surface area contributed by atoms with Crippen molar-refractivity contribution in [1.29, 1.82) is 0 Å². The molecule has 0 atom stereocenters. The van der Waals surface area contributed by atoms with Crippen molar-refractivity contribution in [3.63, 3.8) is 0 Å². The minimum atomic E-state index is -0.278. The lowest BCUT2D eigenvalue weighted by Crippen LogP contribution is -2.49. The van der Waals surface area contributed by atoms with Crippen molar-refractivity contribution in [3.05, 3.63) is 48.0 Å². The minimum Gasteiger partial charge on any atom is -0.450 e. The topological polar surface area (TPSA) is 87.7 Å². The highest BCUT2D eigenvalue weighted by Crippen LogP contribution is 2.15. The first-order chi connectivity index (χ1) is 13.2. The Hall–Kier alpha value is -3.16. The fourth-order valence-electron chi connectivity index (χ4n) is 2.86. The number of ether oxygens (including phenoxy) is 1. The molecule has 3 rings (SSSR count). The Labute approximate surface area is 158 Å². The highest BCUT2D eigenvalue weighted by Gasteiger charge is 2.22. The van der Waals surface area contributed by atoms with E-state index in [-0.39, 0.29) is 12.0 Å². The minimum absolute atomic E-state index is 0.133. The summed E-state index contributed by atoms with van der Waals surface area (Å²) in [5.74, 6) is 1.01. The quantitative estimate of drug-likeness (QED) is 0.867. The number of carbonyl (C=O) groups is 2. The number of benzene rings is 1. The van der Waals surface area contributed by atoms with Crippen molar-refractivity contribution in [2.45, 2.75) is 13.3 Å². The average Bonchev–Trinajstić information content (AvgIpc) is 2.69. The number of anilines is 2. The molecule has 1 N–H and O–H groups in total. The van der Waals surface area contributed by atoms with Crippen LogP contribution >= 0.6 is 0 Å². The fraction of sp³-hybridized carbons (Fsp3) is 0.368. The van der Waals surface area contributed by atoms with Crippen molar-refractivity contribution in [3.8, 4) is 0 Å². The van der Waals surface area contributed by atoms with Crippen LogP contribution in [-0.4, -0.2) is 59.9 Å². The predicted octanol–water partition coefficient (Wildman–Crippen LogP) is 1.94. The van der Waals surface area contributed by atoms with Crippen LogP contribution in [0.25, 0.3) is 0 Å². The summed E-state index contributed by atoms with van der Waals surface area (Å²) in [6, 6.07) is 13.1. The lowest BCUT2D eigenvalue weighted by Gasteiger charge is -2.34. The normalized spacial score (nSPS) is 14.0. The van der Waals surface area contributed by atoms with Gasteiger partial charge in [-0.1, -0.05) is 30.3 Å². The summed E-state index contributed by atoms with van der Waals surface area (Å²) in [5, 5.41) is 11.0. The highest BCUT2D eigenvalue weighted by atomic mass is 16.6. The van der Waals surface area contributed by atoms with Crippen LogP contribution in [0.15, 0.2) is 42.5 Å². The number of hydrogen-bond acceptors (Lipinski definition) is 6. The molecule has 2 amide bonds. The maximum Gasteiger partial charge on any atom is 0.409 e. The number of carbonyl (C=O) groups excluding carboxylic acids is 2.